The van der Waals surface area contributed by atoms with Crippen LogP contribution in [0.15, 0.2) is 24.3 Å². The summed E-state index contributed by atoms with van der Waals surface area (Å²) in [6.07, 6.45) is 0.951. The monoisotopic (exact) mass is 245 g/mol. The maximum atomic E-state index is 10.7. The summed E-state index contributed by atoms with van der Waals surface area (Å²) in [6, 6.07) is 6.66. The molecule has 1 aromatic carbocycles. The van der Waals surface area contributed by atoms with Crippen LogP contribution in [0.4, 0.5) is 0 Å². The predicted molar refractivity (Wildman–Crippen MR) is 63.9 cm³/mol. The molecule has 4 nitrogen and oxygen atoms in total. The Bertz CT molecular complexity index is 349. The second-order valence-electron chi connectivity index (χ2n) is 3.89. The lowest BCUT2D eigenvalue weighted by Gasteiger charge is -2.18. The zero-order chi connectivity index (χ0) is 11.5. The normalized spacial score (nSPS) is 13.6. The quantitative estimate of drug-likeness (QED) is 0.752. The molecule has 0 spiro atoms. The molecule has 16 heavy (non-hydrogen) atoms. The summed E-state index contributed by atoms with van der Waals surface area (Å²) in [5.74, 6) is -0.797. The molecule has 0 aromatic heterocycles. The Morgan fingerprint density at radius 1 is 1.38 bits per heavy atom. The molecule has 90 valence electrons. The molecule has 0 amide bonds. The number of rotatable bonds is 4. The van der Waals surface area contributed by atoms with Crippen LogP contribution in [0.25, 0.3) is 0 Å². The molecular formula is C11H16ClNO3. The number of hydrogen-bond acceptors (Lipinski definition) is 3. The van der Waals surface area contributed by atoms with Crippen LogP contribution >= 0.6 is 12.4 Å². The van der Waals surface area contributed by atoms with Gasteiger partial charge in [0.25, 0.3) is 0 Å². The summed E-state index contributed by atoms with van der Waals surface area (Å²) < 4.78 is 0. The van der Waals surface area contributed by atoms with Crippen molar-refractivity contribution in [2.24, 2.45) is 5.73 Å². The Labute approximate surface area is 100 Å². The van der Waals surface area contributed by atoms with Gasteiger partial charge in [0.2, 0.25) is 0 Å². The molecule has 0 aliphatic heterocycles. The van der Waals surface area contributed by atoms with Crippen LogP contribution in [-0.2, 0) is 11.2 Å². The maximum Gasteiger partial charge on any atom is 0.323 e. The minimum absolute atomic E-state index is 0. The van der Waals surface area contributed by atoms with Gasteiger partial charge in [-0.3, -0.25) is 4.79 Å². The van der Waals surface area contributed by atoms with E-state index in [0.717, 1.165) is 5.56 Å². The summed E-state index contributed by atoms with van der Waals surface area (Å²) in [5, 5.41) is 17.9. The van der Waals surface area contributed by atoms with E-state index < -0.39 is 11.5 Å². The van der Waals surface area contributed by atoms with E-state index in [1.807, 2.05) is 0 Å². The lowest BCUT2D eigenvalue weighted by molar-refractivity contribution is -0.142. The summed E-state index contributed by atoms with van der Waals surface area (Å²) in [7, 11) is 0. The number of aliphatic carboxylic acids is 1. The van der Waals surface area contributed by atoms with Crippen molar-refractivity contribution in [1.82, 2.24) is 0 Å². The molecule has 1 unspecified atom stereocenters. The highest BCUT2D eigenvalue weighted by Crippen LogP contribution is 2.15. The molecule has 0 aliphatic carbocycles. The van der Waals surface area contributed by atoms with E-state index in [-0.39, 0.29) is 18.2 Å². The fraction of sp³-hybridized carbons (Fsp3) is 0.364. The lowest BCUT2D eigenvalue weighted by Crippen LogP contribution is -2.45. The van der Waals surface area contributed by atoms with E-state index in [9.17, 15) is 4.79 Å². The van der Waals surface area contributed by atoms with Gasteiger partial charge in [-0.25, -0.2) is 0 Å². The van der Waals surface area contributed by atoms with Crippen LogP contribution in [0.1, 0.15) is 18.9 Å². The Hall–Kier alpha value is -1.26. The summed E-state index contributed by atoms with van der Waals surface area (Å²) >= 11 is 0. The van der Waals surface area contributed by atoms with Crippen molar-refractivity contribution < 1.29 is 15.0 Å². The van der Waals surface area contributed by atoms with Gasteiger partial charge in [0.15, 0.2) is 0 Å². The number of aromatic hydroxyl groups is 1. The summed E-state index contributed by atoms with van der Waals surface area (Å²) in [6.45, 7) is 1.50. The van der Waals surface area contributed by atoms with Crippen molar-refractivity contribution in [3.05, 3.63) is 29.8 Å². The van der Waals surface area contributed by atoms with E-state index in [0.29, 0.717) is 12.8 Å². The highest BCUT2D eigenvalue weighted by atomic mass is 35.5. The molecule has 0 heterocycles. The van der Waals surface area contributed by atoms with Gasteiger partial charge in [0.05, 0.1) is 0 Å². The first kappa shape index (κ1) is 14.7. The number of carbonyl (C=O) groups is 1. The van der Waals surface area contributed by atoms with Crippen LogP contribution in [0.5, 0.6) is 5.75 Å². The highest BCUT2D eigenvalue weighted by molar-refractivity contribution is 5.85. The molecule has 1 atom stereocenters. The van der Waals surface area contributed by atoms with Crippen LogP contribution in [-0.4, -0.2) is 21.7 Å². The van der Waals surface area contributed by atoms with Crippen molar-refractivity contribution in [2.75, 3.05) is 0 Å². The molecule has 5 heteroatoms. The first-order valence-corrected chi connectivity index (χ1v) is 4.72. The number of carboxylic acid groups (broad SMARTS) is 1. The summed E-state index contributed by atoms with van der Waals surface area (Å²) in [4.78, 5) is 10.7. The first-order valence-electron chi connectivity index (χ1n) is 4.72. The molecule has 1 rings (SSSR count). The molecule has 4 N–H and O–H groups in total. The van der Waals surface area contributed by atoms with E-state index in [2.05, 4.69) is 0 Å². The summed E-state index contributed by atoms with van der Waals surface area (Å²) in [5.41, 5.74) is 5.36. The van der Waals surface area contributed by atoms with Crippen molar-refractivity contribution in [2.45, 2.75) is 25.3 Å². The number of hydrogen-bond donors (Lipinski definition) is 3. The zero-order valence-electron chi connectivity index (χ0n) is 9.01. The van der Waals surface area contributed by atoms with Crippen LogP contribution in [0.3, 0.4) is 0 Å². The fourth-order valence-corrected chi connectivity index (χ4v) is 1.17. The Kier molecular flexibility index (Phi) is 5.27. The second kappa shape index (κ2) is 5.72. The van der Waals surface area contributed by atoms with E-state index in [1.165, 1.54) is 6.92 Å². The van der Waals surface area contributed by atoms with E-state index in [1.54, 1.807) is 24.3 Å². The van der Waals surface area contributed by atoms with Gasteiger partial charge in [0, 0.05) is 0 Å². The molecule has 1 aromatic rings. The van der Waals surface area contributed by atoms with Gasteiger partial charge in [0.1, 0.15) is 11.3 Å². The highest BCUT2D eigenvalue weighted by Gasteiger charge is 2.26. The molecule has 0 saturated carbocycles. The number of aryl methyl sites for hydroxylation is 1. The second-order valence-corrected chi connectivity index (χ2v) is 3.89. The number of halogens is 1. The minimum atomic E-state index is -1.20. The van der Waals surface area contributed by atoms with Gasteiger partial charge >= 0.3 is 5.97 Å². The standard InChI is InChI=1S/C11H15NO3.ClH/c1-11(12,10(14)15)7-6-8-2-4-9(13)5-3-8;/h2-5,13H,6-7,12H2,1H3,(H,14,15);1H. The van der Waals surface area contributed by atoms with Crippen molar-refractivity contribution in [3.8, 4) is 5.75 Å². The number of nitrogens with two attached hydrogens (primary N) is 1. The van der Waals surface area contributed by atoms with Crippen molar-refractivity contribution in [1.29, 1.82) is 0 Å². The van der Waals surface area contributed by atoms with Crippen LogP contribution in [0, 0.1) is 0 Å². The minimum Gasteiger partial charge on any atom is -0.508 e. The first-order chi connectivity index (χ1) is 6.92. The largest absolute Gasteiger partial charge is 0.508 e. The third-order valence-electron chi connectivity index (χ3n) is 2.36. The molecule has 0 radical (unpaired) electrons. The van der Waals surface area contributed by atoms with Gasteiger partial charge in [-0.1, -0.05) is 12.1 Å². The number of carboxylic acids is 1. The smallest absolute Gasteiger partial charge is 0.323 e. The molecule has 0 saturated heterocycles. The number of phenols is 1. The van der Waals surface area contributed by atoms with Gasteiger partial charge < -0.3 is 15.9 Å². The van der Waals surface area contributed by atoms with Gasteiger partial charge in [-0.2, -0.15) is 0 Å². The molecule has 0 fully saturated rings. The predicted octanol–water partition coefficient (Wildman–Crippen LogP) is 1.55. The van der Waals surface area contributed by atoms with Gasteiger partial charge in [-0.05, 0) is 37.5 Å². The van der Waals surface area contributed by atoms with Crippen molar-refractivity contribution >= 4 is 18.4 Å². The topological polar surface area (TPSA) is 83.5 Å². The average Bonchev–Trinajstić information content (AvgIpc) is 2.17. The lowest BCUT2D eigenvalue weighted by atomic mass is 9.94. The molecule has 0 aliphatic rings. The van der Waals surface area contributed by atoms with Gasteiger partial charge in [-0.15, -0.1) is 12.4 Å². The van der Waals surface area contributed by atoms with E-state index in [4.69, 9.17) is 15.9 Å². The number of phenolic OH excluding ortho intramolecular Hbond substituents is 1. The van der Waals surface area contributed by atoms with E-state index >= 15 is 0 Å². The molecular weight excluding hydrogens is 230 g/mol. The Balaban J connectivity index is 0.00000225. The third kappa shape index (κ3) is 4.08. The Morgan fingerprint density at radius 2 is 1.88 bits per heavy atom. The zero-order valence-corrected chi connectivity index (χ0v) is 9.83. The van der Waals surface area contributed by atoms with Crippen LogP contribution in [0.2, 0.25) is 0 Å². The van der Waals surface area contributed by atoms with Crippen molar-refractivity contribution in [3.63, 3.8) is 0 Å². The average molecular weight is 246 g/mol. The SMILES string of the molecule is CC(N)(CCc1ccc(O)cc1)C(=O)O.Cl. The third-order valence-corrected chi connectivity index (χ3v) is 2.36. The maximum absolute atomic E-state index is 10.7. The van der Waals surface area contributed by atoms with Crippen LogP contribution < -0.4 is 5.73 Å². The number of benzene rings is 1. The Morgan fingerprint density at radius 3 is 2.31 bits per heavy atom. The molecule has 0 bridgehead atoms. The fourth-order valence-electron chi connectivity index (χ4n) is 1.17.